The number of nitriles is 1. The van der Waals surface area contributed by atoms with Crippen molar-refractivity contribution in [2.75, 3.05) is 70.3 Å². The number of anilines is 1. The summed E-state index contributed by atoms with van der Waals surface area (Å²) < 4.78 is 76.9. The van der Waals surface area contributed by atoms with Crippen LogP contribution in [-0.2, 0) is 35.3 Å². The number of amides is 2. The van der Waals surface area contributed by atoms with Crippen molar-refractivity contribution in [2.24, 2.45) is 0 Å². The third-order valence-electron chi connectivity index (χ3n) is 7.67. The van der Waals surface area contributed by atoms with Crippen molar-refractivity contribution in [1.29, 1.82) is 5.26 Å². The van der Waals surface area contributed by atoms with Gasteiger partial charge in [-0.15, -0.1) is 0 Å². The maximum absolute atomic E-state index is 13.4. The second-order valence-electron chi connectivity index (χ2n) is 10.6. The zero-order valence-corrected chi connectivity index (χ0v) is 25.4. The van der Waals surface area contributed by atoms with Crippen molar-refractivity contribution in [3.05, 3.63) is 40.5 Å². The molecular formula is C29H39F3N4O6S. The Morgan fingerprint density at radius 2 is 1.63 bits per heavy atom. The van der Waals surface area contributed by atoms with E-state index in [4.69, 9.17) is 14.7 Å². The number of rotatable bonds is 16. The number of alkyl halides is 3. The summed E-state index contributed by atoms with van der Waals surface area (Å²) in [4.78, 5) is 28.8. The minimum absolute atomic E-state index is 0.0423. The first kappa shape index (κ1) is 34.7. The molecule has 2 heterocycles. The summed E-state index contributed by atoms with van der Waals surface area (Å²) in [6.45, 7) is 5.57. The van der Waals surface area contributed by atoms with Crippen LogP contribution in [-0.4, -0.2) is 94.8 Å². The molecular weight excluding hydrogens is 589 g/mol. The number of halogens is 3. The van der Waals surface area contributed by atoms with Crippen molar-refractivity contribution < 1.29 is 40.7 Å². The van der Waals surface area contributed by atoms with Crippen LogP contribution >= 0.6 is 0 Å². The van der Waals surface area contributed by atoms with E-state index in [9.17, 15) is 31.2 Å². The van der Waals surface area contributed by atoms with Crippen LogP contribution in [0, 0.1) is 11.3 Å². The first-order chi connectivity index (χ1) is 20.4. The van der Waals surface area contributed by atoms with Crippen molar-refractivity contribution >= 4 is 27.5 Å². The molecule has 0 N–H and O–H groups in total. The number of sulfonamides is 1. The number of hydrogen-bond acceptors (Lipinski definition) is 8. The number of carbonyl (C=O) groups excluding carboxylic acids is 2. The number of methoxy groups -OCH3 is 1. The van der Waals surface area contributed by atoms with Gasteiger partial charge in [0.2, 0.25) is 10.0 Å². The van der Waals surface area contributed by atoms with E-state index in [1.165, 1.54) is 23.4 Å². The maximum Gasteiger partial charge on any atom is 0.417 e. The molecule has 10 nitrogen and oxygen atoms in total. The summed E-state index contributed by atoms with van der Waals surface area (Å²) in [5.41, 5.74) is -1.45. The van der Waals surface area contributed by atoms with Crippen molar-refractivity contribution in [2.45, 2.75) is 51.6 Å². The molecule has 2 aliphatic heterocycles. The lowest BCUT2D eigenvalue weighted by Gasteiger charge is -2.34. The molecule has 238 valence electrons. The molecule has 1 saturated heterocycles. The summed E-state index contributed by atoms with van der Waals surface area (Å²) in [5, 5.41) is 9.01. The fourth-order valence-electron chi connectivity index (χ4n) is 5.15. The Balaban J connectivity index is 1.36. The molecule has 0 radical (unpaired) electrons. The SMILES string of the molecule is COCCOCCS(=O)(=O)N1CCN(CCCCCCCC2=C(C)C(=O)N(c3ccc(C#N)c(C(F)(F)F)c3)C2=O)CC1. The van der Waals surface area contributed by atoms with Gasteiger partial charge < -0.3 is 14.4 Å². The van der Waals surface area contributed by atoms with Crippen LogP contribution < -0.4 is 4.90 Å². The minimum Gasteiger partial charge on any atom is -0.382 e. The normalized spacial score (nSPS) is 17.3. The molecule has 0 spiro atoms. The number of benzene rings is 1. The zero-order valence-electron chi connectivity index (χ0n) is 24.6. The predicted molar refractivity (Wildman–Crippen MR) is 154 cm³/mol. The Hall–Kier alpha value is -2.83. The summed E-state index contributed by atoms with van der Waals surface area (Å²) in [7, 11) is -1.79. The van der Waals surface area contributed by atoms with Crippen LogP contribution in [0.3, 0.4) is 0 Å². The van der Waals surface area contributed by atoms with E-state index in [1.807, 2.05) is 0 Å². The molecule has 0 saturated carbocycles. The van der Waals surface area contributed by atoms with Crippen LogP contribution in [0.15, 0.2) is 29.3 Å². The van der Waals surface area contributed by atoms with Gasteiger partial charge in [-0.05, 0) is 50.9 Å². The second-order valence-corrected chi connectivity index (χ2v) is 12.7. The minimum atomic E-state index is -4.80. The number of ether oxygens (including phenoxy) is 2. The van der Waals surface area contributed by atoms with Gasteiger partial charge in [0.1, 0.15) is 0 Å². The van der Waals surface area contributed by atoms with Crippen LogP contribution in [0.25, 0.3) is 0 Å². The topological polar surface area (TPSA) is 120 Å². The average molecular weight is 629 g/mol. The van der Waals surface area contributed by atoms with Gasteiger partial charge in [0.05, 0.1) is 48.5 Å². The predicted octanol–water partition coefficient (Wildman–Crippen LogP) is 3.72. The Morgan fingerprint density at radius 3 is 2.28 bits per heavy atom. The van der Waals surface area contributed by atoms with Crippen molar-refractivity contribution in [3.8, 4) is 6.07 Å². The molecule has 0 bridgehead atoms. The number of carbonyl (C=O) groups is 2. The molecule has 3 rings (SSSR count). The number of nitrogens with zero attached hydrogens (tertiary/aromatic N) is 4. The summed E-state index contributed by atoms with van der Waals surface area (Å²) in [6.07, 6.45) is -0.137. The molecule has 43 heavy (non-hydrogen) atoms. The van der Waals surface area contributed by atoms with Crippen LogP contribution in [0.5, 0.6) is 0 Å². The third-order valence-corrected chi connectivity index (χ3v) is 9.50. The van der Waals surface area contributed by atoms with Crippen LogP contribution in [0.4, 0.5) is 18.9 Å². The first-order valence-electron chi connectivity index (χ1n) is 14.4. The molecule has 2 aliphatic rings. The lowest BCUT2D eigenvalue weighted by atomic mass is 10.0. The van der Waals surface area contributed by atoms with Gasteiger partial charge in [-0.2, -0.15) is 22.7 Å². The highest BCUT2D eigenvalue weighted by Crippen LogP contribution is 2.37. The molecule has 1 fully saturated rings. The number of imide groups is 1. The van der Waals surface area contributed by atoms with E-state index in [2.05, 4.69) is 4.90 Å². The molecule has 0 atom stereocenters. The van der Waals surface area contributed by atoms with E-state index in [0.29, 0.717) is 63.9 Å². The summed E-state index contributed by atoms with van der Waals surface area (Å²) >= 11 is 0. The summed E-state index contributed by atoms with van der Waals surface area (Å²) in [5.74, 6) is -1.32. The molecule has 0 aromatic heterocycles. The highest BCUT2D eigenvalue weighted by atomic mass is 32.2. The molecule has 1 aromatic rings. The van der Waals surface area contributed by atoms with Crippen LogP contribution in [0.2, 0.25) is 0 Å². The van der Waals surface area contributed by atoms with Gasteiger partial charge in [-0.1, -0.05) is 19.3 Å². The number of hydrogen-bond donors (Lipinski definition) is 0. The smallest absolute Gasteiger partial charge is 0.382 e. The highest BCUT2D eigenvalue weighted by molar-refractivity contribution is 7.89. The van der Waals surface area contributed by atoms with E-state index < -0.39 is 39.1 Å². The Kier molecular flexibility index (Phi) is 12.7. The third kappa shape index (κ3) is 9.33. The van der Waals surface area contributed by atoms with E-state index in [0.717, 1.165) is 43.2 Å². The number of piperazine rings is 1. The van der Waals surface area contributed by atoms with Gasteiger partial charge in [0.15, 0.2) is 0 Å². The molecule has 1 aromatic carbocycles. The van der Waals surface area contributed by atoms with Gasteiger partial charge in [0.25, 0.3) is 11.8 Å². The largest absolute Gasteiger partial charge is 0.417 e. The van der Waals surface area contributed by atoms with Gasteiger partial charge in [-0.25, -0.2) is 13.3 Å². The van der Waals surface area contributed by atoms with Gasteiger partial charge >= 0.3 is 6.18 Å². The quantitative estimate of drug-likeness (QED) is 0.201. The Bertz CT molecular complexity index is 1320. The van der Waals surface area contributed by atoms with E-state index in [-0.39, 0.29) is 23.6 Å². The molecule has 0 unspecified atom stereocenters. The highest BCUT2D eigenvalue weighted by Gasteiger charge is 2.39. The van der Waals surface area contributed by atoms with Gasteiger partial charge in [-0.3, -0.25) is 9.59 Å². The average Bonchev–Trinajstić information content (AvgIpc) is 3.18. The fraction of sp³-hybridized carbons (Fsp3) is 0.621. The summed E-state index contributed by atoms with van der Waals surface area (Å²) in [6, 6.07) is 4.31. The molecule has 14 heteroatoms. The van der Waals surface area contributed by atoms with Gasteiger partial charge in [0, 0.05) is 44.4 Å². The van der Waals surface area contributed by atoms with Crippen molar-refractivity contribution in [1.82, 2.24) is 9.21 Å². The van der Waals surface area contributed by atoms with E-state index >= 15 is 0 Å². The Labute approximate surface area is 251 Å². The Morgan fingerprint density at radius 1 is 0.953 bits per heavy atom. The monoisotopic (exact) mass is 628 g/mol. The first-order valence-corrected chi connectivity index (χ1v) is 16.0. The van der Waals surface area contributed by atoms with E-state index in [1.54, 1.807) is 7.11 Å². The lowest BCUT2D eigenvalue weighted by molar-refractivity contribution is -0.138. The van der Waals surface area contributed by atoms with Crippen molar-refractivity contribution in [3.63, 3.8) is 0 Å². The molecule has 2 amide bonds. The van der Waals surface area contributed by atoms with Crippen LogP contribution in [0.1, 0.15) is 56.6 Å². The molecule has 0 aliphatic carbocycles. The zero-order chi connectivity index (χ0) is 31.6. The standard InChI is InChI=1S/C29H39F3N4O6S/c1-22-25(28(38)36(27(22)37)24-10-9-23(21-33)26(20-24)29(30,31)32)8-6-4-3-5-7-11-34-12-14-35(15-13-34)43(39,40)19-18-42-17-16-41-2/h9-10,20H,3-8,11-19H2,1-2H3. The number of unbranched alkanes of at least 4 members (excludes halogenated alkanes) is 4. The lowest BCUT2D eigenvalue weighted by Crippen LogP contribution is -2.49. The fourth-order valence-corrected chi connectivity index (χ4v) is 6.46. The maximum atomic E-state index is 13.4. The second kappa shape index (κ2) is 15.8.